The zero-order valence-corrected chi connectivity index (χ0v) is 22.3. The van der Waals surface area contributed by atoms with Gasteiger partial charge in [-0.1, -0.05) is 23.5 Å². The summed E-state index contributed by atoms with van der Waals surface area (Å²) >= 11 is 2.09. The van der Waals surface area contributed by atoms with Gasteiger partial charge in [0.1, 0.15) is 4.88 Å². The van der Waals surface area contributed by atoms with Crippen molar-refractivity contribution in [3.05, 3.63) is 72.9 Å². The first-order chi connectivity index (χ1) is 17.6. The van der Waals surface area contributed by atoms with Crippen molar-refractivity contribution in [1.82, 2.24) is 9.97 Å². The van der Waals surface area contributed by atoms with Crippen LogP contribution in [0.2, 0.25) is 0 Å². The van der Waals surface area contributed by atoms with Crippen LogP contribution in [0.3, 0.4) is 0 Å². The van der Waals surface area contributed by atoms with E-state index in [2.05, 4.69) is 9.97 Å². The molecular formula is C25H23N3O7S2. The van der Waals surface area contributed by atoms with Gasteiger partial charge in [0.05, 0.1) is 52.2 Å². The molecule has 192 valence electrons. The van der Waals surface area contributed by atoms with Crippen molar-refractivity contribution < 1.29 is 33.8 Å². The number of benzene rings is 1. The number of aryl methyl sites for hydroxylation is 3. The number of aliphatic hydroxyl groups excluding tert-OH is 1. The van der Waals surface area contributed by atoms with E-state index < -0.39 is 35.4 Å². The Hall–Kier alpha value is -3.90. The number of thiazole rings is 2. The third-order valence-electron chi connectivity index (χ3n) is 5.66. The molecule has 1 amide bonds. The van der Waals surface area contributed by atoms with Gasteiger partial charge in [0, 0.05) is 0 Å². The Morgan fingerprint density at radius 3 is 2.22 bits per heavy atom. The average molecular weight is 542 g/mol. The summed E-state index contributed by atoms with van der Waals surface area (Å²) in [6.45, 7) is 6.88. The molecular weight excluding hydrogens is 518 g/mol. The standard InChI is InChI=1S/C25H23N3O7S2/c1-6-35-24(33)21-12(3)27-25(37-21)28-17(14-7-9-15(10-8-14)23(32)34-5)16(19(30)22(28)31)18(29)20-11(2)26-13(4)36-20/h7-10,17,30H,6H2,1-5H3. The molecule has 0 saturated carbocycles. The van der Waals surface area contributed by atoms with Crippen LogP contribution in [-0.2, 0) is 14.3 Å². The molecule has 1 unspecified atom stereocenters. The lowest BCUT2D eigenvalue weighted by Crippen LogP contribution is -2.31. The summed E-state index contributed by atoms with van der Waals surface area (Å²) in [5.41, 5.74) is 1.39. The number of anilines is 1. The van der Waals surface area contributed by atoms with Gasteiger partial charge >= 0.3 is 11.9 Å². The van der Waals surface area contributed by atoms with Crippen LogP contribution in [0.25, 0.3) is 0 Å². The van der Waals surface area contributed by atoms with E-state index in [0.29, 0.717) is 26.8 Å². The number of hydrogen-bond donors (Lipinski definition) is 1. The third-order valence-corrected chi connectivity index (χ3v) is 7.87. The molecule has 1 aliphatic heterocycles. The number of amides is 1. The van der Waals surface area contributed by atoms with Crippen LogP contribution in [0, 0.1) is 20.8 Å². The SMILES string of the molecule is CCOC(=O)c1sc(N2C(=O)C(O)=C(C(=O)c3sc(C)nc3C)C2c2ccc(C(=O)OC)cc2)nc1C. The Morgan fingerprint density at radius 2 is 1.65 bits per heavy atom. The maximum Gasteiger partial charge on any atom is 0.350 e. The summed E-state index contributed by atoms with van der Waals surface area (Å²) in [7, 11) is 1.26. The molecule has 0 spiro atoms. The summed E-state index contributed by atoms with van der Waals surface area (Å²) in [5.74, 6) is -3.24. The first kappa shape index (κ1) is 26.2. The number of esters is 2. The number of methoxy groups -OCH3 is 1. The fourth-order valence-electron chi connectivity index (χ4n) is 4.00. The molecule has 3 aromatic rings. The Morgan fingerprint density at radius 1 is 1.00 bits per heavy atom. The highest BCUT2D eigenvalue weighted by atomic mass is 32.1. The van der Waals surface area contributed by atoms with Crippen LogP contribution in [-0.4, -0.2) is 52.4 Å². The zero-order valence-electron chi connectivity index (χ0n) is 20.6. The minimum absolute atomic E-state index is 0.110. The molecule has 0 bridgehead atoms. The monoisotopic (exact) mass is 541 g/mol. The first-order valence-corrected chi connectivity index (χ1v) is 12.8. The second-order valence-corrected chi connectivity index (χ2v) is 10.2. The topological polar surface area (TPSA) is 136 Å². The molecule has 1 atom stereocenters. The Kier molecular flexibility index (Phi) is 7.23. The Balaban J connectivity index is 1.86. The van der Waals surface area contributed by atoms with Gasteiger partial charge in [-0.2, -0.15) is 0 Å². The second kappa shape index (κ2) is 10.2. The van der Waals surface area contributed by atoms with Crippen LogP contribution in [0.1, 0.15) is 64.6 Å². The first-order valence-electron chi connectivity index (χ1n) is 11.2. The molecule has 2 aromatic heterocycles. The summed E-state index contributed by atoms with van der Waals surface area (Å²) in [5, 5.41) is 11.7. The molecule has 3 heterocycles. The van der Waals surface area contributed by atoms with Gasteiger partial charge in [-0.05, 0) is 45.4 Å². The zero-order chi connectivity index (χ0) is 27.0. The van der Waals surface area contributed by atoms with Crippen molar-refractivity contribution in [2.24, 2.45) is 0 Å². The number of aliphatic hydroxyl groups is 1. The van der Waals surface area contributed by atoms with Crippen molar-refractivity contribution in [3.8, 4) is 0 Å². The van der Waals surface area contributed by atoms with E-state index in [1.165, 1.54) is 24.1 Å². The van der Waals surface area contributed by atoms with E-state index in [1.54, 1.807) is 39.8 Å². The quantitative estimate of drug-likeness (QED) is 0.343. The highest BCUT2D eigenvalue weighted by molar-refractivity contribution is 7.17. The molecule has 4 rings (SSSR count). The normalized spacial score (nSPS) is 15.3. The number of ether oxygens (including phenoxy) is 2. The number of carbonyl (C=O) groups is 4. The Labute approximate surface area is 220 Å². The maximum absolute atomic E-state index is 13.7. The van der Waals surface area contributed by atoms with Gasteiger partial charge in [0.15, 0.2) is 10.9 Å². The molecule has 1 aromatic carbocycles. The lowest BCUT2D eigenvalue weighted by molar-refractivity contribution is -0.117. The number of hydrogen-bond acceptors (Lipinski definition) is 11. The fourth-order valence-corrected chi connectivity index (χ4v) is 5.87. The number of nitrogens with zero attached hydrogens (tertiary/aromatic N) is 3. The summed E-state index contributed by atoms with van der Waals surface area (Å²) in [6.07, 6.45) is 0. The molecule has 0 radical (unpaired) electrons. The smallest absolute Gasteiger partial charge is 0.350 e. The predicted molar refractivity (Wildman–Crippen MR) is 136 cm³/mol. The van der Waals surface area contributed by atoms with Crippen molar-refractivity contribution >= 4 is 51.4 Å². The largest absolute Gasteiger partial charge is 0.503 e. The number of ketones is 1. The molecule has 0 aliphatic carbocycles. The van der Waals surface area contributed by atoms with Crippen molar-refractivity contribution in [3.63, 3.8) is 0 Å². The maximum atomic E-state index is 13.7. The van der Waals surface area contributed by atoms with E-state index in [9.17, 15) is 24.3 Å². The second-order valence-electron chi connectivity index (χ2n) is 8.06. The fraction of sp³-hybridized carbons (Fsp3) is 0.280. The molecule has 1 N–H and O–H groups in total. The van der Waals surface area contributed by atoms with Crippen LogP contribution < -0.4 is 4.90 Å². The van der Waals surface area contributed by atoms with Crippen molar-refractivity contribution in [2.75, 3.05) is 18.6 Å². The molecule has 1 aliphatic rings. The van der Waals surface area contributed by atoms with Gasteiger partial charge in [-0.15, -0.1) is 11.3 Å². The van der Waals surface area contributed by atoms with E-state index in [4.69, 9.17) is 9.47 Å². The van der Waals surface area contributed by atoms with Crippen LogP contribution in [0.5, 0.6) is 0 Å². The number of carbonyl (C=O) groups excluding carboxylic acids is 4. The number of aromatic nitrogens is 2. The summed E-state index contributed by atoms with van der Waals surface area (Å²) < 4.78 is 9.84. The lowest BCUT2D eigenvalue weighted by atomic mass is 9.94. The third kappa shape index (κ3) is 4.65. The van der Waals surface area contributed by atoms with E-state index >= 15 is 0 Å². The van der Waals surface area contributed by atoms with Gasteiger partial charge in [0.2, 0.25) is 5.78 Å². The number of rotatable bonds is 7. The van der Waals surface area contributed by atoms with Crippen LogP contribution in [0.15, 0.2) is 35.6 Å². The predicted octanol–water partition coefficient (Wildman–Crippen LogP) is 4.27. The van der Waals surface area contributed by atoms with Crippen molar-refractivity contribution in [1.29, 1.82) is 0 Å². The highest BCUT2D eigenvalue weighted by Gasteiger charge is 2.47. The minimum Gasteiger partial charge on any atom is -0.503 e. The summed E-state index contributed by atoms with van der Waals surface area (Å²) in [4.78, 5) is 61.8. The van der Waals surface area contributed by atoms with Gasteiger partial charge in [-0.3, -0.25) is 14.5 Å². The molecule has 37 heavy (non-hydrogen) atoms. The average Bonchev–Trinajstić information content (AvgIpc) is 3.51. The van der Waals surface area contributed by atoms with Gasteiger partial charge in [0.25, 0.3) is 5.91 Å². The van der Waals surface area contributed by atoms with E-state index in [1.807, 2.05) is 0 Å². The minimum atomic E-state index is -1.07. The molecule has 10 nitrogen and oxygen atoms in total. The number of Topliss-reactive ketones (excluding diaryl/α,β-unsaturated/α-hetero) is 1. The van der Waals surface area contributed by atoms with Crippen LogP contribution in [0.4, 0.5) is 5.13 Å². The van der Waals surface area contributed by atoms with Crippen molar-refractivity contribution in [2.45, 2.75) is 33.7 Å². The van der Waals surface area contributed by atoms with Gasteiger partial charge < -0.3 is 14.6 Å². The molecule has 12 heteroatoms. The van der Waals surface area contributed by atoms with E-state index in [-0.39, 0.29) is 27.8 Å². The highest BCUT2D eigenvalue weighted by Crippen LogP contribution is 2.44. The van der Waals surface area contributed by atoms with E-state index in [0.717, 1.165) is 22.7 Å². The lowest BCUT2D eigenvalue weighted by Gasteiger charge is -2.24. The molecule has 0 saturated heterocycles. The Bertz CT molecular complexity index is 1450. The molecule has 0 fully saturated rings. The van der Waals surface area contributed by atoms with Crippen LogP contribution >= 0.6 is 22.7 Å². The summed E-state index contributed by atoms with van der Waals surface area (Å²) in [6, 6.07) is 5.07. The van der Waals surface area contributed by atoms with Gasteiger partial charge in [-0.25, -0.2) is 19.6 Å².